The Kier molecular flexibility index (Phi) is 18.8. The van der Waals surface area contributed by atoms with Gasteiger partial charge in [-0.1, -0.05) is 74.6 Å². The lowest BCUT2D eigenvalue weighted by atomic mass is 9.83. The summed E-state index contributed by atoms with van der Waals surface area (Å²) in [5, 5.41) is 94.6. The topological polar surface area (TPSA) is 235 Å². The molecule has 2 aliphatic heterocycles. The number of rotatable bonds is 1. The molecule has 0 amide bonds. The number of esters is 1. The number of ether oxygens (including phenoxy) is 2. The summed E-state index contributed by atoms with van der Waals surface area (Å²) >= 11 is 0. The summed E-state index contributed by atoms with van der Waals surface area (Å²) in [5.41, 5.74) is 0. The van der Waals surface area contributed by atoms with Crippen LogP contribution in [-0.4, -0.2) is 119 Å². The Hall–Kier alpha value is -2.72. The molecule has 0 aromatic carbocycles. The second kappa shape index (κ2) is 21.6. The predicted molar refractivity (Wildman–Crippen MR) is 184 cm³/mol. The maximum atomic E-state index is 12.5. The average Bonchev–Trinajstić information content (AvgIpc) is 2.99. The molecule has 1 fully saturated rings. The number of fused-ring (bicyclic) bond motifs is 2. The number of cyclic esters (lactones) is 1. The number of allylic oxidation sites excluding steroid dienone is 8. The number of aliphatic hydroxyl groups excluding tert-OH is 7. The summed E-state index contributed by atoms with van der Waals surface area (Å²) in [6, 6.07) is 0. The van der Waals surface area contributed by atoms with Crippen LogP contribution in [0, 0.1) is 17.8 Å². The number of carbonyl (C=O) groups excluding carboxylic acids is 1. The van der Waals surface area contributed by atoms with Crippen LogP contribution in [0.25, 0.3) is 0 Å². The third-order valence-electron chi connectivity index (χ3n) is 9.25. The van der Waals surface area contributed by atoms with E-state index >= 15 is 0 Å². The number of hydrogen-bond acceptors (Lipinski definition) is 12. The quantitative estimate of drug-likeness (QED) is 0.177. The van der Waals surface area contributed by atoms with E-state index in [1.54, 1.807) is 62.5 Å². The van der Waals surface area contributed by atoms with Crippen molar-refractivity contribution in [3.8, 4) is 0 Å². The molecular weight excluding hydrogens is 652 g/mol. The fourth-order valence-electron chi connectivity index (χ4n) is 6.30. The van der Waals surface area contributed by atoms with E-state index in [1.807, 2.05) is 13.0 Å². The second-order valence-electron chi connectivity index (χ2n) is 13.8. The van der Waals surface area contributed by atoms with Crippen molar-refractivity contribution in [3.05, 3.63) is 60.8 Å². The van der Waals surface area contributed by atoms with Gasteiger partial charge in [-0.25, -0.2) is 0 Å². The Morgan fingerprint density at radius 3 is 1.86 bits per heavy atom. The van der Waals surface area contributed by atoms with E-state index in [0.717, 1.165) is 0 Å². The van der Waals surface area contributed by atoms with E-state index in [2.05, 4.69) is 0 Å². The minimum atomic E-state index is -2.12. The fourth-order valence-corrected chi connectivity index (χ4v) is 6.30. The first-order chi connectivity index (χ1) is 23.5. The molecule has 13 nitrogen and oxygen atoms in total. The highest BCUT2D eigenvalue weighted by Crippen LogP contribution is 2.37. The van der Waals surface area contributed by atoms with Gasteiger partial charge in [0, 0.05) is 31.1 Å². The number of hydrogen-bond donors (Lipinski definition) is 9. The smallest absolute Gasteiger partial charge is 0.311 e. The minimum absolute atomic E-state index is 0.100. The van der Waals surface area contributed by atoms with Gasteiger partial charge in [0.2, 0.25) is 0 Å². The van der Waals surface area contributed by atoms with Gasteiger partial charge >= 0.3 is 11.9 Å². The van der Waals surface area contributed by atoms with Crippen LogP contribution in [0.1, 0.15) is 78.6 Å². The molecule has 13 atom stereocenters. The first-order valence-electron chi connectivity index (χ1n) is 17.4. The number of carboxylic acid groups (broad SMARTS) is 1. The molecule has 2 rings (SSSR count). The van der Waals surface area contributed by atoms with E-state index in [9.17, 15) is 55.5 Å². The summed E-state index contributed by atoms with van der Waals surface area (Å²) < 4.78 is 11.1. The third kappa shape index (κ3) is 15.7. The van der Waals surface area contributed by atoms with Gasteiger partial charge in [0.05, 0.1) is 55.3 Å². The maximum absolute atomic E-state index is 12.5. The maximum Gasteiger partial charge on any atom is 0.311 e. The van der Waals surface area contributed by atoms with E-state index in [0.29, 0.717) is 6.42 Å². The lowest BCUT2D eigenvalue weighted by molar-refractivity contribution is -0.300. The minimum Gasteiger partial charge on any atom is -0.481 e. The summed E-state index contributed by atoms with van der Waals surface area (Å²) in [6.07, 6.45) is 5.92. The van der Waals surface area contributed by atoms with Crippen molar-refractivity contribution in [3.63, 3.8) is 0 Å². The Morgan fingerprint density at radius 1 is 0.740 bits per heavy atom. The summed E-state index contributed by atoms with van der Waals surface area (Å²) in [6.45, 7) is 5.27. The Labute approximate surface area is 294 Å². The lowest BCUT2D eigenvalue weighted by Gasteiger charge is -2.44. The van der Waals surface area contributed by atoms with Crippen LogP contribution in [0.3, 0.4) is 0 Å². The Balaban J connectivity index is 2.17. The highest BCUT2D eigenvalue weighted by molar-refractivity contribution is 5.71. The molecule has 284 valence electrons. The number of aliphatic carboxylic acids is 1. The number of carboxylic acids is 1. The van der Waals surface area contributed by atoms with Crippen molar-refractivity contribution >= 4 is 11.9 Å². The normalized spacial score (nSPS) is 39.9. The van der Waals surface area contributed by atoms with Crippen molar-refractivity contribution in [1.82, 2.24) is 0 Å². The SMILES string of the molecule is C[C@@H]1[C@H](O)[C@@H](C)C=CC=CC=CC=CC=C[C@H](O)C[C@@H]2O[C@](O)(C[C@@H](O)C[C@@H](O)CCC[C@@H](O)C[C@@H](O)CC(=O)O[C@H]1C)C[C@H](O)C2C(=O)O. The molecule has 0 aliphatic carbocycles. The third-order valence-corrected chi connectivity index (χ3v) is 9.25. The van der Waals surface area contributed by atoms with Crippen molar-refractivity contribution < 1.29 is 65.0 Å². The van der Waals surface area contributed by atoms with Crippen molar-refractivity contribution in [2.24, 2.45) is 17.8 Å². The van der Waals surface area contributed by atoms with Crippen LogP contribution < -0.4 is 0 Å². The average molecular weight is 711 g/mol. The highest BCUT2D eigenvalue weighted by Gasteiger charge is 2.49. The molecule has 0 aromatic heterocycles. The molecule has 0 spiro atoms. The van der Waals surface area contributed by atoms with Crippen molar-refractivity contribution in [2.45, 2.75) is 139 Å². The molecule has 1 unspecified atom stereocenters. The molecule has 0 radical (unpaired) electrons. The molecule has 9 N–H and O–H groups in total. The van der Waals surface area contributed by atoms with Gasteiger partial charge in [0.25, 0.3) is 0 Å². The summed E-state index contributed by atoms with van der Waals surface area (Å²) in [5.74, 6) is -6.23. The van der Waals surface area contributed by atoms with Crippen LogP contribution in [0.4, 0.5) is 0 Å². The van der Waals surface area contributed by atoms with Gasteiger partial charge in [0.15, 0.2) is 5.79 Å². The van der Waals surface area contributed by atoms with E-state index in [1.165, 1.54) is 6.08 Å². The van der Waals surface area contributed by atoms with Crippen LogP contribution in [0.2, 0.25) is 0 Å². The van der Waals surface area contributed by atoms with E-state index < -0.39 is 97.3 Å². The lowest BCUT2D eigenvalue weighted by Crippen LogP contribution is -2.56. The van der Waals surface area contributed by atoms with Crippen molar-refractivity contribution in [1.29, 1.82) is 0 Å². The Morgan fingerprint density at radius 2 is 1.28 bits per heavy atom. The Bertz CT molecular complexity index is 1180. The fraction of sp³-hybridized carbons (Fsp3) is 0.676. The first kappa shape index (κ1) is 43.4. The van der Waals surface area contributed by atoms with Crippen LogP contribution in [-0.2, 0) is 19.1 Å². The monoisotopic (exact) mass is 710 g/mol. The number of aliphatic hydroxyl groups is 8. The largest absolute Gasteiger partial charge is 0.481 e. The van der Waals surface area contributed by atoms with Gasteiger partial charge in [-0.05, 0) is 39.0 Å². The highest BCUT2D eigenvalue weighted by atomic mass is 16.6. The molecule has 2 bridgehead atoms. The van der Waals surface area contributed by atoms with Gasteiger partial charge in [-0.3, -0.25) is 9.59 Å². The molecule has 50 heavy (non-hydrogen) atoms. The molecular formula is C37H58O13. The molecule has 2 aliphatic rings. The molecule has 13 heteroatoms. The van der Waals surface area contributed by atoms with Crippen molar-refractivity contribution in [2.75, 3.05) is 0 Å². The standard InChI is InChI=1S/C37H58O13/c1-23-13-10-8-6-4-5-7-9-11-14-28(40)19-32-34(36(46)47)31(43)22-37(48,50-32)21-30(42)18-27(39)16-12-15-26(38)17-29(41)20-33(44)49-25(3)24(2)35(23)45/h4-11,13-14,23-32,34-35,38-43,45,48H,12,15-22H2,1-3H3,(H,46,47)/t23-,24-,25-,26+,27-,28-,29+,30-,31-,32-,34?,35+,37+/m0/s1. The van der Waals surface area contributed by atoms with Gasteiger partial charge in [-0.2, -0.15) is 0 Å². The van der Waals surface area contributed by atoms with Crippen LogP contribution in [0.5, 0.6) is 0 Å². The predicted octanol–water partition coefficient (Wildman–Crippen LogP) is 1.81. The van der Waals surface area contributed by atoms with Gasteiger partial charge < -0.3 is 55.4 Å². The molecule has 0 aromatic rings. The van der Waals surface area contributed by atoms with E-state index in [-0.39, 0.29) is 44.4 Å². The molecule has 2 heterocycles. The van der Waals surface area contributed by atoms with Crippen LogP contribution >= 0.6 is 0 Å². The summed E-state index contributed by atoms with van der Waals surface area (Å²) in [4.78, 5) is 24.4. The number of carbonyl (C=O) groups is 2. The first-order valence-corrected chi connectivity index (χ1v) is 17.4. The van der Waals surface area contributed by atoms with E-state index in [4.69, 9.17) is 9.47 Å². The molecule has 0 saturated carbocycles. The zero-order valence-electron chi connectivity index (χ0n) is 29.2. The summed E-state index contributed by atoms with van der Waals surface area (Å²) in [7, 11) is 0. The molecule has 1 saturated heterocycles. The second-order valence-corrected chi connectivity index (χ2v) is 13.8. The van der Waals surface area contributed by atoms with Gasteiger partial charge in [-0.15, -0.1) is 0 Å². The van der Waals surface area contributed by atoms with Crippen LogP contribution in [0.15, 0.2) is 60.8 Å². The van der Waals surface area contributed by atoms with Gasteiger partial charge in [0.1, 0.15) is 12.0 Å². The zero-order chi connectivity index (χ0) is 37.4. The zero-order valence-corrected chi connectivity index (χ0v) is 29.2.